The Kier molecular flexibility index (Phi) is 5.92. The van der Waals surface area contributed by atoms with Crippen molar-refractivity contribution in [3.05, 3.63) is 0 Å². The maximum atomic E-state index is 11.6. The van der Waals surface area contributed by atoms with E-state index in [0.717, 1.165) is 19.0 Å². The molecule has 0 aromatic carbocycles. The number of likely N-dealkylation sites (tertiary alicyclic amines) is 1. The van der Waals surface area contributed by atoms with Crippen LogP contribution in [0.5, 0.6) is 0 Å². The van der Waals surface area contributed by atoms with Gasteiger partial charge in [-0.1, -0.05) is 13.8 Å². The second-order valence-electron chi connectivity index (χ2n) is 5.29. The molecule has 1 fully saturated rings. The van der Waals surface area contributed by atoms with Crippen LogP contribution in [0.15, 0.2) is 0 Å². The van der Waals surface area contributed by atoms with Crippen LogP contribution in [0.4, 0.5) is 0 Å². The van der Waals surface area contributed by atoms with Crippen molar-refractivity contribution in [1.82, 2.24) is 10.2 Å². The van der Waals surface area contributed by atoms with E-state index >= 15 is 0 Å². The van der Waals surface area contributed by atoms with E-state index < -0.39 is 0 Å². The minimum absolute atomic E-state index is 0.120. The van der Waals surface area contributed by atoms with Crippen LogP contribution >= 0.6 is 0 Å². The Morgan fingerprint density at radius 2 is 2.18 bits per heavy atom. The van der Waals surface area contributed by atoms with Gasteiger partial charge in [0, 0.05) is 32.1 Å². The summed E-state index contributed by atoms with van der Waals surface area (Å²) >= 11 is 0. The summed E-state index contributed by atoms with van der Waals surface area (Å²) < 4.78 is 0. The predicted molar refractivity (Wildman–Crippen MR) is 70.7 cm³/mol. The maximum absolute atomic E-state index is 11.6. The summed E-state index contributed by atoms with van der Waals surface area (Å²) in [6.07, 6.45) is 1.75. The van der Waals surface area contributed by atoms with Crippen LogP contribution in [0.3, 0.4) is 0 Å². The summed E-state index contributed by atoms with van der Waals surface area (Å²) in [6.45, 7) is 9.96. The van der Waals surface area contributed by atoms with Crippen molar-refractivity contribution in [2.45, 2.75) is 39.7 Å². The minimum atomic E-state index is 0.120. The Morgan fingerprint density at radius 3 is 2.71 bits per heavy atom. The van der Waals surface area contributed by atoms with E-state index in [1.807, 2.05) is 6.92 Å². The zero-order chi connectivity index (χ0) is 12.8. The fraction of sp³-hybridized carbons (Fsp3) is 0.923. The molecule has 0 radical (unpaired) electrons. The Hall–Kier alpha value is -0.610. The average Bonchev–Trinajstić information content (AvgIpc) is 2.30. The summed E-state index contributed by atoms with van der Waals surface area (Å²) in [5.74, 6) is 1.61. The highest BCUT2D eigenvalue weighted by Crippen LogP contribution is 2.24. The number of hydrogen-bond acceptors (Lipinski definition) is 3. The fourth-order valence-electron chi connectivity index (χ4n) is 2.47. The third-order valence-electron chi connectivity index (χ3n) is 3.95. The molecule has 17 heavy (non-hydrogen) atoms. The Balaban J connectivity index is 2.47. The first-order valence-electron chi connectivity index (χ1n) is 6.79. The number of piperidine rings is 1. The summed E-state index contributed by atoms with van der Waals surface area (Å²) in [4.78, 5) is 14.0. The van der Waals surface area contributed by atoms with Crippen LogP contribution in [0.25, 0.3) is 0 Å². The van der Waals surface area contributed by atoms with Crippen molar-refractivity contribution < 1.29 is 4.79 Å². The zero-order valence-electron chi connectivity index (χ0n) is 11.4. The van der Waals surface area contributed by atoms with E-state index in [1.54, 1.807) is 0 Å². The number of hydrogen-bond donors (Lipinski definition) is 2. The molecule has 1 amide bonds. The lowest BCUT2D eigenvalue weighted by Gasteiger charge is -2.39. The Labute approximate surface area is 105 Å². The molecular formula is C13H27N3O. The van der Waals surface area contributed by atoms with Crippen LogP contribution in [-0.2, 0) is 4.79 Å². The third kappa shape index (κ3) is 4.28. The van der Waals surface area contributed by atoms with Crippen LogP contribution in [0, 0.1) is 11.8 Å². The van der Waals surface area contributed by atoms with Gasteiger partial charge in [0.15, 0.2) is 0 Å². The van der Waals surface area contributed by atoms with Gasteiger partial charge in [-0.3, -0.25) is 9.69 Å². The van der Waals surface area contributed by atoms with Crippen LogP contribution in [-0.4, -0.2) is 43.0 Å². The van der Waals surface area contributed by atoms with Gasteiger partial charge in [0.25, 0.3) is 0 Å². The predicted octanol–water partition coefficient (Wildman–Crippen LogP) is 0.818. The molecule has 0 saturated carbocycles. The van der Waals surface area contributed by atoms with Gasteiger partial charge in [-0.15, -0.1) is 0 Å². The number of carbonyl (C=O) groups is 1. The van der Waals surface area contributed by atoms with E-state index in [9.17, 15) is 4.79 Å². The lowest BCUT2D eigenvalue weighted by Crippen LogP contribution is -2.49. The highest BCUT2D eigenvalue weighted by atomic mass is 16.1. The van der Waals surface area contributed by atoms with Crippen molar-refractivity contribution in [2.24, 2.45) is 17.6 Å². The van der Waals surface area contributed by atoms with E-state index in [4.69, 9.17) is 5.73 Å². The SMILES string of the molecule is CCNC(=O)CC(CN)N1CCC(C)C(C)C1. The summed E-state index contributed by atoms with van der Waals surface area (Å²) in [7, 11) is 0. The molecule has 0 aromatic heterocycles. The van der Waals surface area contributed by atoms with Crippen molar-refractivity contribution in [2.75, 3.05) is 26.2 Å². The average molecular weight is 241 g/mol. The van der Waals surface area contributed by atoms with E-state index in [1.165, 1.54) is 6.42 Å². The number of carbonyl (C=O) groups excluding carboxylic acids is 1. The third-order valence-corrected chi connectivity index (χ3v) is 3.95. The molecule has 4 heteroatoms. The lowest BCUT2D eigenvalue weighted by molar-refractivity contribution is -0.122. The van der Waals surface area contributed by atoms with Gasteiger partial charge in [-0.25, -0.2) is 0 Å². The highest BCUT2D eigenvalue weighted by molar-refractivity contribution is 5.76. The second-order valence-corrected chi connectivity index (χ2v) is 5.29. The standard InChI is InChI=1S/C13H27N3O/c1-4-15-13(17)7-12(8-14)16-6-5-10(2)11(3)9-16/h10-12H,4-9,14H2,1-3H3,(H,15,17). The molecule has 3 unspecified atom stereocenters. The molecule has 1 aliphatic rings. The van der Waals surface area contributed by atoms with Gasteiger partial charge in [-0.05, 0) is 31.7 Å². The molecule has 1 saturated heterocycles. The minimum Gasteiger partial charge on any atom is -0.356 e. The molecular weight excluding hydrogens is 214 g/mol. The molecule has 0 spiro atoms. The van der Waals surface area contributed by atoms with Crippen LogP contribution in [0.1, 0.15) is 33.6 Å². The summed E-state index contributed by atoms with van der Waals surface area (Å²) in [6, 6.07) is 0.205. The Morgan fingerprint density at radius 1 is 1.47 bits per heavy atom. The van der Waals surface area contributed by atoms with Gasteiger partial charge >= 0.3 is 0 Å². The molecule has 0 aromatic rings. The largest absolute Gasteiger partial charge is 0.356 e. The lowest BCUT2D eigenvalue weighted by atomic mass is 9.87. The van der Waals surface area contributed by atoms with Crippen molar-refractivity contribution in [3.8, 4) is 0 Å². The van der Waals surface area contributed by atoms with Crippen molar-refractivity contribution >= 4 is 5.91 Å². The van der Waals surface area contributed by atoms with Crippen molar-refractivity contribution in [3.63, 3.8) is 0 Å². The van der Waals surface area contributed by atoms with Gasteiger partial charge < -0.3 is 11.1 Å². The molecule has 1 rings (SSSR count). The molecule has 1 aliphatic heterocycles. The molecule has 1 heterocycles. The van der Waals surface area contributed by atoms with E-state index in [0.29, 0.717) is 25.4 Å². The first-order chi connectivity index (χ1) is 8.08. The van der Waals surface area contributed by atoms with Gasteiger partial charge in [0.1, 0.15) is 0 Å². The number of nitrogens with one attached hydrogen (secondary N) is 1. The zero-order valence-corrected chi connectivity index (χ0v) is 11.4. The fourth-order valence-corrected chi connectivity index (χ4v) is 2.47. The first-order valence-corrected chi connectivity index (χ1v) is 6.79. The molecule has 4 nitrogen and oxygen atoms in total. The van der Waals surface area contributed by atoms with Crippen LogP contribution in [0.2, 0.25) is 0 Å². The smallest absolute Gasteiger partial charge is 0.221 e. The number of amides is 1. The Bertz CT molecular complexity index is 245. The van der Waals surface area contributed by atoms with E-state index in [-0.39, 0.29) is 11.9 Å². The van der Waals surface area contributed by atoms with Crippen LogP contribution < -0.4 is 11.1 Å². The molecule has 0 aliphatic carbocycles. The quantitative estimate of drug-likeness (QED) is 0.749. The summed E-state index contributed by atoms with van der Waals surface area (Å²) in [5, 5.41) is 2.85. The van der Waals surface area contributed by atoms with Crippen molar-refractivity contribution in [1.29, 1.82) is 0 Å². The summed E-state index contributed by atoms with van der Waals surface area (Å²) in [5.41, 5.74) is 5.81. The maximum Gasteiger partial charge on any atom is 0.221 e. The topological polar surface area (TPSA) is 58.4 Å². The highest BCUT2D eigenvalue weighted by Gasteiger charge is 2.28. The monoisotopic (exact) mass is 241 g/mol. The van der Waals surface area contributed by atoms with Gasteiger partial charge in [-0.2, -0.15) is 0 Å². The molecule has 100 valence electrons. The van der Waals surface area contributed by atoms with Gasteiger partial charge in [0.05, 0.1) is 0 Å². The molecule has 3 atom stereocenters. The number of rotatable bonds is 5. The number of nitrogens with two attached hydrogens (primary N) is 1. The second kappa shape index (κ2) is 6.97. The van der Waals surface area contributed by atoms with E-state index in [2.05, 4.69) is 24.1 Å². The molecule has 3 N–H and O–H groups in total. The first kappa shape index (κ1) is 14.5. The number of nitrogens with zero attached hydrogens (tertiary/aromatic N) is 1. The van der Waals surface area contributed by atoms with Gasteiger partial charge in [0.2, 0.25) is 5.91 Å². The molecule has 0 bridgehead atoms. The normalized spacial score (nSPS) is 27.8.